The summed E-state index contributed by atoms with van der Waals surface area (Å²) < 4.78 is 11.3. The van der Waals surface area contributed by atoms with Gasteiger partial charge in [-0.1, -0.05) is 42.5 Å². The van der Waals surface area contributed by atoms with E-state index in [0.29, 0.717) is 37.0 Å². The number of rotatable bonds is 10. The molecule has 1 aliphatic rings. The van der Waals surface area contributed by atoms with Crippen LogP contribution in [0.25, 0.3) is 0 Å². The number of aliphatic imine (C=N–C) groups is 1. The number of amides is 1. The van der Waals surface area contributed by atoms with Gasteiger partial charge in [-0.3, -0.25) is 9.79 Å². The molecule has 7 heteroatoms. The average Bonchev–Trinajstić information content (AvgIpc) is 3.18. The van der Waals surface area contributed by atoms with Gasteiger partial charge in [-0.25, -0.2) is 0 Å². The Morgan fingerprint density at radius 2 is 1.84 bits per heavy atom. The van der Waals surface area contributed by atoms with Crippen molar-refractivity contribution in [1.29, 1.82) is 0 Å². The zero-order valence-corrected chi connectivity index (χ0v) is 19.2. The van der Waals surface area contributed by atoms with Crippen molar-refractivity contribution in [3.8, 4) is 11.5 Å². The van der Waals surface area contributed by atoms with E-state index in [0.717, 1.165) is 19.5 Å². The summed E-state index contributed by atoms with van der Waals surface area (Å²) in [5.41, 5.74) is 1.26. The molecular weight excluding hydrogens is 404 g/mol. The third-order valence-corrected chi connectivity index (χ3v) is 5.54. The molecule has 1 heterocycles. The standard InChI is InChI=1S/C25H34N4O3/c1-19(32-23-12-8-7-11-22(23)31-3)16-27-25(26-2)28-17-21-15-24(30)29(18-21)14-13-20-9-5-4-6-10-20/h4-12,19,21H,13-18H2,1-3H3,(H2,26,27,28). The Labute approximate surface area is 190 Å². The van der Waals surface area contributed by atoms with Crippen LogP contribution in [0.1, 0.15) is 18.9 Å². The van der Waals surface area contributed by atoms with Crippen molar-refractivity contribution < 1.29 is 14.3 Å². The number of guanidine groups is 1. The molecule has 172 valence electrons. The molecule has 2 aromatic carbocycles. The van der Waals surface area contributed by atoms with Crippen LogP contribution in [-0.2, 0) is 11.2 Å². The fraction of sp³-hybridized carbons (Fsp3) is 0.440. The molecule has 0 saturated carbocycles. The summed E-state index contributed by atoms with van der Waals surface area (Å²) in [6.45, 7) is 4.83. The fourth-order valence-electron chi connectivity index (χ4n) is 3.79. The second kappa shape index (κ2) is 12.0. The zero-order valence-electron chi connectivity index (χ0n) is 19.2. The molecule has 0 aromatic heterocycles. The quantitative estimate of drug-likeness (QED) is 0.441. The summed E-state index contributed by atoms with van der Waals surface area (Å²) in [6.07, 6.45) is 1.39. The maximum atomic E-state index is 12.4. The summed E-state index contributed by atoms with van der Waals surface area (Å²) in [7, 11) is 3.38. The summed E-state index contributed by atoms with van der Waals surface area (Å²) in [5, 5.41) is 6.64. The van der Waals surface area contributed by atoms with Crippen molar-refractivity contribution in [2.75, 3.05) is 40.3 Å². The lowest BCUT2D eigenvalue weighted by Gasteiger charge is -2.20. The van der Waals surface area contributed by atoms with Crippen molar-refractivity contribution in [2.24, 2.45) is 10.9 Å². The number of ether oxygens (including phenoxy) is 2. The van der Waals surface area contributed by atoms with Crippen LogP contribution in [-0.4, -0.2) is 63.2 Å². The summed E-state index contributed by atoms with van der Waals surface area (Å²) in [5.74, 6) is 2.64. The zero-order chi connectivity index (χ0) is 22.8. The van der Waals surface area contributed by atoms with Crippen LogP contribution in [0.5, 0.6) is 11.5 Å². The Morgan fingerprint density at radius 1 is 1.12 bits per heavy atom. The van der Waals surface area contributed by atoms with E-state index in [1.165, 1.54) is 5.56 Å². The van der Waals surface area contributed by atoms with Crippen molar-refractivity contribution in [1.82, 2.24) is 15.5 Å². The van der Waals surface area contributed by atoms with Crippen LogP contribution in [0, 0.1) is 5.92 Å². The molecule has 2 unspecified atom stereocenters. The smallest absolute Gasteiger partial charge is 0.223 e. The molecule has 1 fully saturated rings. The van der Waals surface area contributed by atoms with E-state index in [1.807, 2.05) is 54.3 Å². The second-order valence-corrected chi connectivity index (χ2v) is 8.06. The first-order chi connectivity index (χ1) is 15.6. The number of benzene rings is 2. The Morgan fingerprint density at radius 3 is 2.56 bits per heavy atom. The van der Waals surface area contributed by atoms with Crippen molar-refractivity contribution in [2.45, 2.75) is 25.9 Å². The number of para-hydroxylation sites is 2. The normalized spacial score (nSPS) is 17.2. The van der Waals surface area contributed by atoms with Gasteiger partial charge in [0.2, 0.25) is 5.91 Å². The third-order valence-electron chi connectivity index (χ3n) is 5.54. The van der Waals surface area contributed by atoms with Gasteiger partial charge in [-0.05, 0) is 31.0 Å². The van der Waals surface area contributed by atoms with Crippen LogP contribution in [0.2, 0.25) is 0 Å². The Balaban J connectivity index is 1.39. The predicted molar refractivity (Wildman–Crippen MR) is 127 cm³/mol. The number of carbonyl (C=O) groups excluding carboxylic acids is 1. The lowest BCUT2D eigenvalue weighted by atomic mass is 10.1. The number of nitrogens with zero attached hydrogens (tertiary/aromatic N) is 2. The van der Waals surface area contributed by atoms with E-state index >= 15 is 0 Å². The summed E-state index contributed by atoms with van der Waals surface area (Å²) in [4.78, 5) is 18.6. The molecule has 2 atom stereocenters. The largest absolute Gasteiger partial charge is 0.493 e. The lowest BCUT2D eigenvalue weighted by molar-refractivity contribution is -0.127. The second-order valence-electron chi connectivity index (χ2n) is 8.06. The van der Waals surface area contributed by atoms with Gasteiger partial charge in [0.15, 0.2) is 17.5 Å². The highest BCUT2D eigenvalue weighted by molar-refractivity contribution is 5.80. The van der Waals surface area contributed by atoms with Crippen LogP contribution in [0.3, 0.4) is 0 Å². The molecule has 2 N–H and O–H groups in total. The van der Waals surface area contributed by atoms with Gasteiger partial charge in [0.25, 0.3) is 0 Å². The first-order valence-corrected chi connectivity index (χ1v) is 11.1. The van der Waals surface area contributed by atoms with Gasteiger partial charge in [-0.2, -0.15) is 0 Å². The number of methoxy groups -OCH3 is 1. The molecule has 1 saturated heterocycles. The molecular formula is C25H34N4O3. The minimum atomic E-state index is -0.0774. The van der Waals surface area contributed by atoms with E-state index in [-0.39, 0.29) is 17.9 Å². The van der Waals surface area contributed by atoms with Crippen LogP contribution < -0.4 is 20.1 Å². The van der Waals surface area contributed by atoms with E-state index in [9.17, 15) is 4.79 Å². The Bertz CT molecular complexity index is 888. The molecule has 32 heavy (non-hydrogen) atoms. The van der Waals surface area contributed by atoms with E-state index in [4.69, 9.17) is 9.47 Å². The minimum absolute atomic E-state index is 0.0774. The highest BCUT2D eigenvalue weighted by Gasteiger charge is 2.29. The minimum Gasteiger partial charge on any atom is -0.493 e. The van der Waals surface area contributed by atoms with Crippen LogP contribution in [0.4, 0.5) is 0 Å². The molecule has 0 aliphatic carbocycles. The van der Waals surface area contributed by atoms with Gasteiger partial charge in [0.1, 0.15) is 6.10 Å². The van der Waals surface area contributed by atoms with Crippen molar-refractivity contribution >= 4 is 11.9 Å². The average molecular weight is 439 g/mol. The molecule has 3 rings (SSSR count). The monoisotopic (exact) mass is 438 g/mol. The maximum Gasteiger partial charge on any atom is 0.223 e. The van der Waals surface area contributed by atoms with E-state index < -0.39 is 0 Å². The topological polar surface area (TPSA) is 75.2 Å². The van der Waals surface area contributed by atoms with Crippen molar-refractivity contribution in [3.05, 3.63) is 60.2 Å². The van der Waals surface area contributed by atoms with Gasteiger partial charge >= 0.3 is 0 Å². The van der Waals surface area contributed by atoms with E-state index in [1.54, 1.807) is 14.2 Å². The van der Waals surface area contributed by atoms with E-state index in [2.05, 4.69) is 27.8 Å². The van der Waals surface area contributed by atoms with Gasteiger partial charge in [0.05, 0.1) is 13.7 Å². The number of nitrogens with one attached hydrogen (secondary N) is 2. The molecule has 0 radical (unpaired) electrons. The first-order valence-electron chi connectivity index (χ1n) is 11.1. The third kappa shape index (κ3) is 6.90. The maximum absolute atomic E-state index is 12.4. The van der Waals surface area contributed by atoms with Crippen LogP contribution >= 0.6 is 0 Å². The SMILES string of the molecule is CN=C(NCC1CC(=O)N(CCc2ccccc2)C1)NCC(C)Oc1ccccc1OC. The molecule has 7 nitrogen and oxygen atoms in total. The Hall–Kier alpha value is -3.22. The molecule has 2 aromatic rings. The molecule has 0 spiro atoms. The first kappa shape index (κ1) is 23.4. The summed E-state index contributed by atoms with van der Waals surface area (Å²) in [6, 6.07) is 17.9. The lowest BCUT2D eigenvalue weighted by Crippen LogP contribution is -2.43. The molecule has 1 aliphatic heterocycles. The number of carbonyl (C=O) groups is 1. The Kier molecular flexibility index (Phi) is 8.78. The van der Waals surface area contributed by atoms with Crippen molar-refractivity contribution in [3.63, 3.8) is 0 Å². The number of likely N-dealkylation sites (tertiary alicyclic amines) is 1. The predicted octanol–water partition coefficient (Wildman–Crippen LogP) is 2.72. The molecule has 1 amide bonds. The fourth-order valence-corrected chi connectivity index (χ4v) is 3.79. The highest BCUT2D eigenvalue weighted by atomic mass is 16.5. The van der Waals surface area contributed by atoms with Gasteiger partial charge < -0.3 is 25.0 Å². The highest BCUT2D eigenvalue weighted by Crippen LogP contribution is 2.26. The number of hydrogen-bond donors (Lipinski definition) is 2. The summed E-state index contributed by atoms with van der Waals surface area (Å²) >= 11 is 0. The van der Waals surface area contributed by atoms with Gasteiger partial charge in [0, 0.05) is 39.0 Å². The van der Waals surface area contributed by atoms with Crippen LogP contribution in [0.15, 0.2) is 59.6 Å². The number of hydrogen-bond acceptors (Lipinski definition) is 4. The van der Waals surface area contributed by atoms with Gasteiger partial charge in [-0.15, -0.1) is 0 Å². The molecule has 0 bridgehead atoms.